The second-order valence-electron chi connectivity index (χ2n) is 8.29. The molecule has 34 heavy (non-hydrogen) atoms. The molecular formula is C26H27N3O4S. The summed E-state index contributed by atoms with van der Waals surface area (Å²) in [6, 6.07) is 20.3. The topological polar surface area (TPSA) is 78.0 Å². The molecule has 0 radical (unpaired) electrons. The number of rotatable bonds is 6. The summed E-state index contributed by atoms with van der Waals surface area (Å²) in [6.45, 7) is 6.12. The van der Waals surface area contributed by atoms with Crippen LogP contribution >= 0.6 is 0 Å². The molecule has 176 valence electrons. The van der Waals surface area contributed by atoms with Crippen LogP contribution in [0.5, 0.6) is 0 Å². The van der Waals surface area contributed by atoms with Crippen molar-refractivity contribution in [2.45, 2.75) is 32.2 Å². The zero-order valence-corrected chi connectivity index (χ0v) is 20.2. The fourth-order valence-electron chi connectivity index (χ4n) is 4.15. The van der Waals surface area contributed by atoms with Crippen molar-refractivity contribution in [2.24, 2.45) is 0 Å². The lowest BCUT2D eigenvalue weighted by molar-refractivity contribution is -0.130. The lowest BCUT2D eigenvalue weighted by atomic mass is 10.1. The SMILES string of the molecule is CCN(Cc1ccccc1)C(=O)CN1C(=O)N(c2ccc(C)cc2C)S(=O)(=O)c2ccccc21. The Hall–Kier alpha value is -3.65. The highest BCUT2D eigenvalue weighted by molar-refractivity contribution is 7.94. The molecule has 4 rings (SSSR count). The Kier molecular flexibility index (Phi) is 6.43. The molecule has 0 atom stereocenters. The van der Waals surface area contributed by atoms with E-state index in [-0.39, 0.29) is 28.7 Å². The van der Waals surface area contributed by atoms with Gasteiger partial charge >= 0.3 is 6.03 Å². The molecule has 0 fully saturated rings. The number of fused-ring (bicyclic) bond motifs is 1. The van der Waals surface area contributed by atoms with Crippen LogP contribution in [0.15, 0.2) is 77.7 Å². The minimum atomic E-state index is -4.15. The van der Waals surface area contributed by atoms with E-state index in [4.69, 9.17) is 0 Å². The summed E-state index contributed by atoms with van der Waals surface area (Å²) in [4.78, 5) is 29.8. The highest BCUT2D eigenvalue weighted by atomic mass is 32.2. The first-order chi connectivity index (χ1) is 16.2. The summed E-state index contributed by atoms with van der Waals surface area (Å²) < 4.78 is 27.8. The van der Waals surface area contributed by atoms with Crippen molar-refractivity contribution in [1.82, 2.24) is 4.90 Å². The third kappa shape index (κ3) is 4.28. The number of hydrogen-bond acceptors (Lipinski definition) is 4. The summed E-state index contributed by atoms with van der Waals surface area (Å²) in [5.74, 6) is -0.269. The normalized spacial score (nSPS) is 14.6. The first kappa shape index (κ1) is 23.5. The summed E-state index contributed by atoms with van der Waals surface area (Å²) in [5, 5.41) is 0. The number of nitrogens with zero attached hydrogens (tertiary/aromatic N) is 3. The molecule has 0 bridgehead atoms. The molecule has 0 saturated heterocycles. The van der Waals surface area contributed by atoms with Gasteiger partial charge in [0.1, 0.15) is 11.4 Å². The van der Waals surface area contributed by atoms with Gasteiger partial charge < -0.3 is 4.90 Å². The minimum absolute atomic E-state index is 0.00603. The standard InChI is InChI=1S/C26H27N3O4S/c1-4-27(17-21-10-6-5-7-11-21)25(30)18-28-23-12-8-9-13-24(23)34(32,33)29(26(28)31)22-15-14-19(2)16-20(22)3/h5-16H,4,17-18H2,1-3H3. The molecule has 0 aliphatic carbocycles. The van der Waals surface area contributed by atoms with Gasteiger partial charge in [-0.3, -0.25) is 9.69 Å². The molecule has 0 spiro atoms. The summed E-state index contributed by atoms with van der Waals surface area (Å²) in [7, 11) is -4.15. The maximum Gasteiger partial charge on any atom is 0.343 e. The van der Waals surface area contributed by atoms with E-state index >= 15 is 0 Å². The molecule has 1 aliphatic heterocycles. The van der Waals surface area contributed by atoms with E-state index in [0.29, 0.717) is 18.7 Å². The first-order valence-electron chi connectivity index (χ1n) is 11.1. The fraction of sp³-hybridized carbons (Fsp3) is 0.231. The van der Waals surface area contributed by atoms with Gasteiger partial charge in [0.2, 0.25) is 5.91 Å². The molecule has 0 saturated carbocycles. The van der Waals surface area contributed by atoms with Crippen LogP contribution in [0.4, 0.5) is 16.2 Å². The smallest absolute Gasteiger partial charge is 0.337 e. The van der Waals surface area contributed by atoms with Gasteiger partial charge in [-0.1, -0.05) is 60.2 Å². The number of hydrogen-bond donors (Lipinski definition) is 0. The Morgan fingerprint density at radius 2 is 1.59 bits per heavy atom. The predicted molar refractivity (Wildman–Crippen MR) is 132 cm³/mol. The first-order valence-corrected chi connectivity index (χ1v) is 12.5. The molecule has 0 unspecified atom stereocenters. The van der Waals surface area contributed by atoms with Crippen molar-refractivity contribution in [2.75, 3.05) is 22.3 Å². The number of anilines is 2. The molecule has 0 N–H and O–H groups in total. The van der Waals surface area contributed by atoms with E-state index in [1.165, 1.54) is 11.0 Å². The zero-order valence-electron chi connectivity index (χ0n) is 19.4. The summed E-state index contributed by atoms with van der Waals surface area (Å²) >= 11 is 0. The Labute approximate surface area is 200 Å². The van der Waals surface area contributed by atoms with Crippen LogP contribution in [0.3, 0.4) is 0 Å². The third-order valence-corrected chi connectivity index (χ3v) is 7.63. The second kappa shape index (κ2) is 9.30. The number of carbonyl (C=O) groups excluding carboxylic acids is 2. The van der Waals surface area contributed by atoms with Gasteiger partial charge in [0, 0.05) is 13.1 Å². The molecular weight excluding hydrogens is 450 g/mol. The number of aryl methyl sites for hydroxylation is 2. The maximum absolute atomic E-state index is 13.6. The highest BCUT2D eigenvalue weighted by Gasteiger charge is 2.43. The molecule has 3 aromatic carbocycles. The molecule has 3 amide bonds. The molecule has 1 heterocycles. The van der Waals surface area contributed by atoms with Crippen molar-refractivity contribution >= 4 is 33.3 Å². The average molecular weight is 478 g/mol. The van der Waals surface area contributed by atoms with Crippen LogP contribution in [0.2, 0.25) is 0 Å². The van der Waals surface area contributed by atoms with Crippen LogP contribution in [0.1, 0.15) is 23.6 Å². The highest BCUT2D eigenvalue weighted by Crippen LogP contribution is 2.38. The average Bonchev–Trinajstić information content (AvgIpc) is 2.82. The molecule has 8 heteroatoms. The van der Waals surface area contributed by atoms with Crippen LogP contribution in [0.25, 0.3) is 0 Å². The largest absolute Gasteiger partial charge is 0.343 e. The number of carbonyl (C=O) groups is 2. The van der Waals surface area contributed by atoms with Gasteiger partial charge in [-0.2, -0.15) is 4.31 Å². The Balaban J connectivity index is 1.73. The number of sulfonamides is 1. The van der Waals surface area contributed by atoms with Gasteiger partial charge in [0.15, 0.2) is 0 Å². The third-order valence-electron chi connectivity index (χ3n) is 5.89. The van der Waals surface area contributed by atoms with Crippen molar-refractivity contribution < 1.29 is 18.0 Å². The van der Waals surface area contributed by atoms with Crippen molar-refractivity contribution in [3.63, 3.8) is 0 Å². The van der Waals surface area contributed by atoms with E-state index < -0.39 is 16.1 Å². The predicted octanol–water partition coefficient (Wildman–Crippen LogP) is 4.49. The fourth-order valence-corrected chi connectivity index (χ4v) is 5.80. The van der Waals surface area contributed by atoms with Crippen molar-refractivity contribution in [3.05, 3.63) is 89.5 Å². The number of amides is 3. The van der Waals surface area contributed by atoms with Gasteiger partial charge in [0.05, 0.1) is 11.4 Å². The Morgan fingerprint density at radius 1 is 0.912 bits per heavy atom. The van der Waals surface area contributed by atoms with Gasteiger partial charge in [-0.05, 0) is 50.1 Å². The van der Waals surface area contributed by atoms with E-state index in [2.05, 4.69) is 0 Å². The second-order valence-corrected chi connectivity index (χ2v) is 10.0. The van der Waals surface area contributed by atoms with Crippen LogP contribution in [-0.4, -0.2) is 38.3 Å². The number of likely N-dealkylation sites (N-methyl/N-ethyl adjacent to an activating group) is 1. The van der Waals surface area contributed by atoms with E-state index in [9.17, 15) is 18.0 Å². The van der Waals surface area contributed by atoms with Gasteiger partial charge in [-0.15, -0.1) is 0 Å². The Morgan fingerprint density at radius 3 is 2.26 bits per heavy atom. The van der Waals surface area contributed by atoms with Crippen molar-refractivity contribution in [1.29, 1.82) is 0 Å². The lowest BCUT2D eigenvalue weighted by Crippen LogP contribution is -2.54. The number of benzene rings is 3. The molecule has 1 aliphatic rings. The maximum atomic E-state index is 13.6. The van der Waals surface area contributed by atoms with Crippen LogP contribution in [-0.2, 0) is 21.4 Å². The van der Waals surface area contributed by atoms with E-state index in [1.807, 2.05) is 50.2 Å². The minimum Gasteiger partial charge on any atom is -0.337 e. The summed E-state index contributed by atoms with van der Waals surface area (Å²) in [5.41, 5.74) is 3.07. The number of para-hydroxylation sites is 1. The molecule has 0 aromatic heterocycles. The zero-order chi connectivity index (χ0) is 24.5. The van der Waals surface area contributed by atoms with E-state index in [0.717, 1.165) is 15.4 Å². The summed E-state index contributed by atoms with van der Waals surface area (Å²) in [6.07, 6.45) is 0. The Bertz CT molecular complexity index is 1340. The van der Waals surface area contributed by atoms with Gasteiger partial charge in [-0.25, -0.2) is 13.2 Å². The van der Waals surface area contributed by atoms with E-state index in [1.54, 1.807) is 42.2 Å². The van der Waals surface area contributed by atoms with Gasteiger partial charge in [0.25, 0.3) is 10.0 Å². The molecule has 3 aromatic rings. The van der Waals surface area contributed by atoms with Crippen LogP contribution in [0, 0.1) is 13.8 Å². The van der Waals surface area contributed by atoms with Crippen LogP contribution < -0.4 is 9.21 Å². The number of urea groups is 1. The van der Waals surface area contributed by atoms with Crippen molar-refractivity contribution in [3.8, 4) is 0 Å². The lowest BCUT2D eigenvalue weighted by Gasteiger charge is -2.37. The quantitative estimate of drug-likeness (QED) is 0.524. The monoisotopic (exact) mass is 477 g/mol. The molecule has 7 nitrogen and oxygen atoms in total.